The van der Waals surface area contributed by atoms with Crippen LogP contribution in [0.4, 0.5) is 0 Å². The van der Waals surface area contributed by atoms with E-state index >= 15 is 0 Å². The highest BCUT2D eigenvalue weighted by Gasteiger charge is 2.12. The zero-order valence-electron chi connectivity index (χ0n) is 8.67. The standard InChI is InChI=1S/C12H20/c1-9(2)7-11-5-6-12(8-11)10(3)4/h5-6,8-11H,7H2,1-4H3. The van der Waals surface area contributed by atoms with Crippen LogP contribution in [0.5, 0.6) is 0 Å². The number of allylic oxidation sites excluding steroid dienone is 4. The minimum atomic E-state index is 0.693. The molecule has 1 aliphatic rings. The van der Waals surface area contributed by atoms with Crippen LogP contribution in [0.2, 0.25) is 0 Å². The molecule has 1 atom stereocenters. The largest absolute Gasteiger partial charge is 0.0773 e. The van der Waals surface area contributed by atoms with Gasteiger partial charge in [-0.05, 0) is 29.7 Å². The average Bonchev–Trinajstić information content (AvgIpc) is 2.34. The second kappa shape index (κ2) is 3.93. The molecule has 0 aliphatic heterocycles. The van der Waals surface area contributed by atoms with E-state index in [1.165, 1.54) is 12.0 Å². The first kappa shape index (κ1) is 9.57. The molecule has 0 radical (unpaired) electrons. The van der Waals surface area contributed by atoms with Gasteiger partial charge in [-0.1, -0.05) is 45.9 Å². The topological polar surface area (TPSA) is 0 Å². The highest BCUT2D eigenvalue weighted by molar-refractivity contribution is 5.30. The van der Waals surface area contributed by atoms with Crippen molar-refractivity contribution in [1.29, 1.82) is 0 Å². The molecule has 0 nitrogen and oxygen atoms in total. The summed E-state index contributed by atoms with van der Waals surface area (Å²) >= 11 is 0. The minimum Gasteiger partial charge on any atom is -0.0773 e. The second-order valence-electron chi connectivity index (χ2n) is 4.47. The van der Waals surface area contributed by atoms with Crippen LogP contribution in [0.3, 0.4) is 0 Å². The van der Waals surface area contributed by atoms with E-state index < -0.39 is 0 Å². The Morgan fingerprint density at radius 1 is 1.25 bits per heavy atom. The first-order chi connectivity index (χ1) is 5.59. The maximum Gasteiger partial charge on any atom is -0.00419 e. The molecule has 0 saturated carbocycles. The highest BCUT2D eigenvalue weighted by atomic mass is 14.2. The third-order valence-corrected chi connectivity index (χ3v) is 2.35. The Morgan fingerprint density at radius 2 is 1.92 bits per heavy atom. The van der Waals surface area contributed by atoms with Crippen molar-refractivity contribution in [3.63, 3.8) is 0 Å². The molecule has 0 bridgehead atoms. The smallest absolute Gasteiger partial charge is 0.00419 e. The number of rotatable bonds is 3. The fourth-order valence-electron chi connectivity index (χ4n) is 1.67. The van der Waals surface area contributed by atoms with Gasteiger partial charge in [-0.2, -0.15) is 0 Å². The van der Waals surface area contributed by atoms with Crippen LogP contribution in [0.1, 0.15) is 34.1 Å². The molecular formula is C12H20. The summed E-state index contributed by atoms with van der Waals surface area (Å²) in [5.74, 6) is 2.21. The van der Waals surface area contributed by atoms with E-state index in [0.29, 0.717) is 11.8 Å². The summed E-state index contributed by atoms with van der Waals surface area (Å²) in [6.07, 6.45) is 8.35. The van der Waals surface area contributed by atoms with E-state index in [0.717, 1.165) is 5.92 Å². The van der Waals surface area contributed by atoms with Crippen molar-refractivity contribution in [2.75, 3.05) is 0 Å². The van der Waals surface area contributed by atoms with E-state index in [4.69, 9.17) is 0 Å². The van der Waals surface area contributed by atoms with Gasteiger partial charge < -0.3 is 0 Å². The molecule has 12 heavy (non-hydrogen) atoms. The van der Waals surface area contributed by atoms with Gasteiger partial charge >= 0.3 is 0 Å². The lowest BCUT2D eigenvalue weighted by molar-refractivity contribution is 0.534. The first-order valence-electron chi connectivity index (χ1n) is 4.99. The summed E-state index contributed by atoms with van der Waals surface area (Å²) in [4.78, 5) is 0. The van der Waals surface area contributed by atoms with Crippen LogP contribution in [0.15, 0.2) is 23.8 Å². The van der Waals surface area contributed by atoms with E-state index in [-0.39, 0.29) is 0 Å². The van der Waals surface area contributed by atoms with Gasteiger partial charge in [0.1, 0.15) is 0 Å². The summed E-state index contributed by atoms with van der Waals surface area (Å²) in [5, 5.41) is 0. The van der Waals surface area contributed by atoms with Crippen LogP contribution in [0, 0.1) is 17.8 Å². The molecule has 0 aromatic heterocycles. The minimum absolute atomic E-state index is 0.693. The molecule has 0 N–H and O–H groups in total. The second-order valence-corrected chi connectivity index (χ2v) is 4.47. The van der Waals surface area contributed by atoms with Crippen molar-refractivity contribution >= 4 is 0 Å². The van der Waals surface area contributed by atoms with Crippen molar-refractivity contribution in [1.82, 2.24) is 0 Å². The number of hydrogen-bond donors (Lipinski definition) is 0. The monoisotopic (exact) mass is 164 g/mol. The molecule has 0 aromatic carbocycles. The summed E-state index contributed by atoms with van der Waals surface area (Å²) in [6, 6.07) is 0. The van der Waals surface area contributed by atoms with Crippen LogP contribution in [-0.2, 0) is 0 Å². The quantitative estimate of drug-likeness (QED) is 0.595. The molecule has 0 heterocycles. The zero-order chi connectivity index (χ0) is 9.14. The maximum absolute atomic E-state index is 2.42. The molecule has 0 heteroatoms. The number of hydrogen-bond acceptors (Lipinski definition) is 0. The van der Waals surface area contributed by atoms with Crippen LogP contribution in [0.25, 0.3) is 0 Å². The predicted molar refractivity (Wildman–Crippen MR) is 55.0 cm³/mol. The Bertz CT molecular complexity index is 194. The van der Waals surface area contributed by atoms with E-state index in [2.05, 4.69) is 45.9 Å². The molecule has 0 spiro atoms. The molecule has 0 aromatic rings. The van der Waals surface area contributed by atoms with Crippen molar-refractivity contribution in [3.8, 4) is 0 Å². The molecule has 1 unspecified atom stereocenters. The lowest BCUT2D eigenvalue weighted by Gasteiger charge is -2.08. The van der Waals surface area contributed by atoms with Crippen molar-refractivity contribution < 1.29 is 0 Å². The summed E-state index contributed by atoms with van der Waals surface area (Å²) in [6.45, 7) is 9.09. The van der Waals surface area contributed by atoms with Crippen LogP contribution in [-0.4, -0.2) is 0 Å². The predicted octanol–water partition coefficient (Wildman–Crippen LogP) is 3.80. The Balaban J connectivity index is 2.49. The van der Waals surface area contributed by atoms with Gasteiger partial charge in [-0.15, -0.1) is 0 Å². The average molecular weight is 164 g/mol. The van der Waals surface area contributed by atoms with Gasteiger partial charge in [0.25, 0.3) is 0 Å². The third kappa shape index (κ3) is 2.51. The Hall–Kier alpha value is -0.520. The molecule has 0 saturated heterocycles. The van der Waals surface area contributed by atoms with Crippen molar-refractivity contribution in [3.05, 3.63) is 23.8 Å². The van der Waals surface area contributed by atoms with Gasteiger partial charge in [0.05, 0.1) is 0 Å². The Labute approximate surface area is 76.4 Å². The van der Waals surface area contributed by atoms with Gasteiger partial charge in [-0.3, -0.25) is 0 Å². The normalized spacial score (nSPS) is 22.5. The highest BCUT2D eigenvalue weighted by Crippen LogP contribution is 2.26. The van der Waals surface area contributed by atoms with Crippen LogP contribution >= 0.6 is 0 Å². The van der Waals surface area contributed by atoms with Gasteiger partial charge in [0.2, 0.25) is 0 Å². The lowest BCUT2D eigenvalue weighted by Crippen LogP contribution is -1.96. The first-order valence-corrected chi connectivity index (χ1v) is 4.99. The molecular weight excluding hydrogens is 144 g/mol. The Morgan fingerprint density at radius 3 is 2.33 bits per heavy atom. The third-order valence-electron chi connectivity index (χ3n) is 2.35. The van der Waals surface area contributed by atoms with Crippen molar-refractivity contribution in [2.24, 2.45) is 17.8 Å². The maximum atomic E-state index is 2.42. The SMILES string of the molecule is CC(C)CC1C=CC(C(C)C)=C1. The fraction of sp³-hybridized carbons (Fsp3) is 0.667. The van der Waals surface area contributed by atoms with E-state index in [1.807, 2.05) is 0 Å². The molecule has 0 amide bonds. The summed E-state index contributed by atoms with van der Waals surface area (Å²) in [7, 11) is 0. The van der Waals surface area contributed by atoms with Gasteiger partial charge in [-0.25, -0.2) is 0 Å². The molecule has 1 aliphatic carbocycles. The summed E-state index contributed by atoms with van der Waals surface area (Å²) in [5.41, 5.74) is 1.51. The molecule has 68 valence electrons. The Kier molecular flexibility index (Phi) is 3.13. The van der Waals surface area contributed by atoms with Gasteiger partial charge in [0, 0.05) is 0 Å². The van der Waals surface area contributed by atoms with Gasteiger partial charge in [0.15, 0.2) is 0 Å². The van der Waals surface area contributed by atoms with Crippen molar-refractivity contribution in [2.45, 2.75) is 34.1 Å². The van der Waals surface area contributed by atoms with Crippen LogP contribution < -0.4 is 0 Å². The van der Waals surface area contributed by atoms with E-state index in [9.17, 15) is 0 Å². The molecule has 1 rings (SSSR count). The van der Waals surface area contributed by atoms with E-state index in [1.54, 1.807) is 0 Å². The zero-order valence-corrected chi connectivity index (χ0v) is 8.67. The summed E-state index contributed by atoms with van der Waals surface area (Å²) < 4.78 is 0. The fourth-order valence-corrected chi connectivity index (χ4v) is 1.67. The molecule has 0 fully saturated rings. The lowest BCUT2D eigenvalue weighted by atomic mass is 9.97.